The van der Waals surface area contributed by atoms with Gasteiger partial charge in [0, 0.05) is 0 Å². The molecule has 0 saturated heterocycles. The molecule has 0 amide bonds. The van der Waals surface area contributed by atoms with E-state index in [1.165, 1.54) is 0 Å². The van der Waals surface area contributed by atoms with Crippen LogP contribution < -0.4 is 0 Å². The number of carbonyl (C=O) groups is 1. The van der Waals surface area contributed by atoms with Gasteiger partial charge in [-0.15, -0.1) is 6.58 Å². The third kappa shape index (κ3) is 5.09. The molecule has 0 aliphatic rings. The summed E-state index contributed by atoms with van der Waals surface area (Å²) in [7, 11) is 0. The smallest absolute Gasteiger partial charge is 0.307 e. The topological polar surface area (TPSA) is 37.3 Å². The SMILES string of the molecule is C=CC(C)/C=C/CC(=O)O. The zero-order chi connectivity index (χ0) is 7.98. The number of carboxylic acids is 1. The summed E-state index contributed by atoms with van der Waals surface area (Å²) in [6, 6.07) is 0. The Kier molecular flexibility index (Phi) is 4.29. The first-order valence-electron chi connectivity index (χ1n) is 3.18. The van der Waals surface area contributed by atoms with Crippen molar-refractivity contribution < 1.29 is 9.90 Å². The molecular formula is C8H12O2. The third-order valence-electron chi connectivity index (χ3n) is 1.10. The van der Waals surface area contributed by atoms with Crippen molar-refractivity contribution in [2.75, 3.05) is 0 Å². The Bertz CT molecular complexity index is 147. The van der Waals surface area contributed by atoms with Crippen LogP contribution in [-0.2, 0) is 4.79 Å². The van der Waals surface area contributed by atoms with Crippen molar-refractivity contribution in [3.05, 3.63) is 24.8 Å². The number of hydrogen-bond donors (Lipinski definition) is 1. The molecule has 2 nitrogen and oxygen atoms in total. The molecule has 0 aromatic rings. The van der Waals surface area contributed by atoms with Crippen LogP contribution in [0.5, 0.6) is 0 Å². The molecule has 0 aromatic carbocycles. The summed E-state index contributed by atoms with van der Waals surface area (Å²) < 4.78 is 0. The molecule has 0 aliphatic carbocycles. The first-order chi connectivity index (χ1) is 4.66. The second-order valence-electron chi connectivity index (χ2n) is 2.12. The fourth-order valence-corrected chi connectivity index (χ4v) is 0.462. The van der Waals surface area contributed by atoms with Crippen molar-refractivity contribution in [2.45, 2.75) is 13.3 Å². The molecule has 1 N–H and O–H groups in total. The van der Waals surface area contributed by atoms with Crippen LogP contribution >= 0.6 is 0 Å². The van der Waals surface area contributed by atoms with Crippen LogP contribution in [0.2, 0.25) is 0 Å². The Morgan fingerprint density at radius 1 is 1.80 bits per heavy atom. The van der Waals surface area contributed by atoms with Crippen molar-refractivity contribution >= 4 is 5.97 Å². The summed E-state index contributed by atoms with van der Waals surface area (Å²) in [4.78, 5) is 9.99. The lowest BCUT2D eigenvalue weighted by Gasteiger charge is -1.92. The van der Waals surface area contributed by atoms with Gasteiger partial charge in [0.15, 0.2) is 0 Å². The number of aliphatic carboxylic acids is 1. The minimum Gasteiger partial charge on any atom is -0.481 e. The Hall–Kier alpha value is -1.05. The van der Waals surface area contributed by atoms with Crippen LogP contribution in [0.3, 0.4) is 0 Å². The highest BCUT2D eigenvalue weighted by atomic mass is 16.4. The second kappa shape index (κ2) is 4.79. The predicted molar refractivity (Wildman–Crippen MR) is 40.8 cm³/mol. The van der Waals surface area contributed by atoms with E-state index < -0.39 is 5.97 Å². The highest BCUT2D eigenvalue weighted by Gasteiger charge is 1.90. The summed E-state index contributed by atoms with van der Waals surface area (Å²) in [5.74, 6) is -0.535. The maximum absolute atomic E-state index is 9.99. The normalized spacial score (nSPS) is 13.3. The molecule has 0 radical (unpaired) electrons. The van der Waals surface area contributed by atoms with E-state index in [1.54, 1.807) is 12.2 Å². The van der Waals surface area contributed by atoms with E-state index in [-0.39, 0.29) is 12.3 Å². The fourth-order valence-electron chi connectivity index (χ4n) is 0.462. The van der Waals surface area contributed by atoms with Gasteiger partial charge in [0.05, 0.1) is 6.42 Å². The monoisotopic (exact) mass is 140 g/mol. The van der Waals surface area contributed by atoms with Crippen molar-refractivity contribution in [1.82, 2.24) is 0 Å². The van der Waals surface area contributed by atoms with Crippen LogP contribution in [0.1, 0.15) is 13.3 Å². The standard InChI is InChI=1S/C8H12O2/c1-3-7(2)5-4-6-8(9)10/h3-5,7H,1,6H2,2H3,(H,9,10)/b5-4+. The van der Waals surface area contributed by atoms with Gasteiger partial charge in [-0.1, -0.05) is 25.2 Å². The van der Waals surface area contributed by atoms with Crippen LogP contribution in [-0.4, -0.2) is 11.1 Å². The number of allylic oxidation sites excluding steroid dienone is 2. The van der Waals surface area contributed by atoms with Crippen molar-refractivity contribution in [3.8, 4) is 0 Å². The van der Waals surface area contributed by atoms with E-state index in [4.69, 9.17) is 5.11 Å². The summed E-state index contributed by atoms with van der Waals surface area (Å²) >= 11 is 0. The average molecular weight is 140 g/mol. The maximum Gasteiger partial charge on any atom is 0.307 e. The van der Waals surface area contributed by atoms with Gasteiger partial charge < -0.3 is 5.11 Å². The van der Waals surface area contributed by atoms with Crippen LogP contribution in [0.4, 0.5) is 0 Å². The lowest BCUT2D eigenvalue weighted by Crippen LogP contribution is -1.90. The molecule has 0 saturated carbocycles. The number of rotatable bonds is 4. The van der Waals surface area contributed by atoms with E-state index >= 15 is 0 Å². The molecule has 0 fully saturated rings. The molecule has 0 bridgehead atoms. The van der Waals surface area contributed by atoms with Crippen molar-refractivity contribution in [1.29, 1.82) is 0 Å². The van der Waals surface area contributed by atoms with Crippen molar-refractivity contribution in [2.24, 2.45) is 5.92 Å². The van der Waals surface area contributed by atoms with Gasteiger partial charge in [-0.25, -0.2) is 0 Å². The Morgan fingerprint density at radius 3 is 2.80 bits per heavy atom. The van der Waals surface area contributed by atoms with Crippen LogP contribution in [0.15, 0.2) is 24.8 Å². The van der Waals surface area contributed by atoms with E-state index in [0.717, 1.165) is 0 Å². The van der Waals surface area contributed by atoms with Gasteiger partial charge in [-0.3, -0.25) is 4.79 Å². The van der Waals surface area contributed by atoms with E-state index in [0.29, 0.717) is 0 Å². The van der Waals surface area contributed by atoms with Gasteiger partial charge in [0.25, 0.3) is 0 Å². The second-order valence-corrected chi connectivity index (χ2v) is 2.12. The Labute approximate surface area is 60.9 Å². The number of carboxylic acid groups (broad SMARTS) is 1. The molecule has 1 atom stereocenters. The van der Waals surface area contributed by atoms with Gasteiger partial charge in [0.1, 0.15) is 0 Å². The maximum atomic E-state index is 9.99. The summed E-state index contributed by atoms with van der Waals surface area (Å²) in [5.41, 5.74) is 0. The predicted octanol–water partition coefficient (Wildman–Crippen LogP) is 1.84. The first-order valence-corrected chi connectivity index (χ1v) is 3.18. The summed E-state index contributed by atoms with van der Waals surface area (Å²) in [5, 5.41) is 8.22. The zero-order valence-corrected chi connectivity index (χ0v) is 6.08. The van der Waals surface area contributed by atoms with Gasteiger partial charge in [-0.05, 0) is 5.92 Å². The Balaban J connectivity index is 3.55. The minimum absolute atomic E-state index is 0.0954. The quantitative estimate of drug-likeness (QED) is 0.605. The minimum atomic E-state index is -0.799. The van der Waals surface area contributed by atoms with Crippen LogP contribution in [0, 0.1) is 5.92 Å². The highest BCUT2D eigenvalue weighted by Crippen LogP contribution is 1.97. The summed E-state index contributed by atoms with van der Waals surface area (Å²) in [6.45, 7) is 5.51. The van der Waals surface area contributed by atoms with E-state index in [2.05, 4.69) is 6.58 Å². The van der Waals surface area contributed by atoms with Gasteiger partial charge in [-0.2, -0.15) is 0 Å². The zero-order valence-electron chi connectivity index (χ0n) is 6.08. The lowest BCUT2D eigenvalue weighted by atomic mass is 10.1. The molecule has 0 rings (SSSR count). The van der Waals surface area contributed by atoms with Crippen LogP contribution in [0.25, 0.3) is 0 Å². The molecule has 2 heteroatoms. The first kappa shape index (κ1) is 8.95. The van der Waals surface area contributed by atoms with Gasteiger partial charge >= 0.3 is 5.97 Å². The van der Waals surface area contributed by atoms with Gasteiger partial charge in [0.2, 0.25) is 0 Å². The molecule has 0 heterocycles. The van der Waals surface area contributed by atoms with E-state index in [1.807, 2.05) is 13.0 Å². The molecule has 10 heavy (non-hydrogen) atoms. The molecule has 0 spiro atoms. The summed E-state index contributed by atoms with van der Waals surface area (Å²) in [6.07, 6.45) is 5.31. The molecule has 0 aromatic heterocycles. The van der Waals surface area contributed by atoms with E-state index in [9.17, 15) is 4.79 Å². The van der Waals surface area contributed by atoms with Crippen molar-refractivity contribution in [3.63, 3.8) is 0 Å². The number of hydrogen-bond acceptors (Lipinski definition) is 1. The largest absolute Gasteiger partial charge is 0.481 e. The molecule has 0 aliphatic heterocycles. The highest BCUT2D eigenvalue weighted by molar-refractivity contribution is 5.68. The lowest BCUT2D eigenvalue weighted by molar-refractivity contribution is -0.136. The molecule has 1 unspecified atom stereocenters. The molecular weight excluding hydrogens is 128 g/mol. The third-order valence-corrected chi connectivity index (χ3v) is 1.10. The molecule has 56 valence electrons. The average Bonchev–Trinajstić information content (AvgIpc) is 1.87. The fraction of sp³-hybridized carbons (Fsp3) is 0.375. The Morgan fingerprint density at radius 2 is 2.40 bits per heavy atom.